The molecule has 64 valence electrons. The Hall–Kier alpha value is -1.58. The van der Waals surface area contributed by atoms with E-state index >= 15 is 0 Å². The third-order valence-corrected chi connectivity index (χ3v) is 1.69. The summed E-state index contributed by atoms with van der Waals surface area (Å²) in [5, 5.41) is 19.6. The lowest BCUT2D eigenvalue weighted by atomic mass is 10.1. The largest absolute Gasteiger partial charge is 0.507 e. The van der Waals surface area contributed by atoms with Crippen molar-refractivity contribution in [2.45, 2.75) is 13.8 Å². The van der Waals surface area contributed by atoms with Crippen molar-refractivity contribution in [3.05, 3.63) is 33.4 Å². The third kappa shape index (κ3) is 1.37. The number of rotatable bonds is 1. The van der Waals surface area contributed by atoms with Crippen molar-refractivity contribution in [3.63, 3.8) is 0 Å². The van der Waals surface area contributed by atoms with Crippen molar-refractivity contribution >= 4 is 5.69 Å². The van der Waals surface area contributed by atoms with Crippen LogP contribution in [0.1, 0.15) is 11.1 Å². The Morgan fingerprint density at radius 1 is 1.42 bits per heavy atom. The highest BCUT2D eigenvalue weighted by Crippen LogP contribution is 2.27. The number of nitro groups is 1. The summed E-state index contributed by atoms with van der Waals surface area (Å²) < 4.78 is 0. The van der Waals surface area contributed by atoms with E-state index in [9.17, 15) is 15.2 Å². The van der Waals surface area contributed by atoms with Gasteiger partial charge in [-0.2, -0.15) is 0 Å². The Bertz CT molecular complexity index is 333. The van der Waals surface area contributed by atoms with Gasteiger partial charge in [0, 0.05) is 6.07 Å². The first-order chi connectivity index (χ1) is 5.52. The van der Waals surface area contributed by atoms with Gasteiger partial charge in [0.25, 0.3) is 5.69 Å². The third-order valence-electron chi connectivity index (χ3n) is 1.69. The fourth-order valence-corrected chi connectivity index (χ4v) is 1.01. The zero-order valence-electron chi connectivity index (χ0n) is 6.87. The molecule has 4 heteroatoms. The van der Waals surface area contributed by atoms with Crippen LogP contribution in [0.25, 0.3) is 0 Å². The van der Waals surface area contributed by atoms with Gasteiger partial charge in [0.15, 0.2) is 0 Å². The van der Waals surface area contributed by atoms with Gasteiger partial charge in [-0.3, -0.25) is 10.1 Å². The monoisotopic (exact) mass is 167 g/mol. The van der Waals surface area contributed by atoms with E-state index in [4.69, 9.17) is 0 Å². The van der Waals surface area contributed by atoms with Gasteiger partial charge in [-0.1, -0.05) is 0 Å². The fraction of sp³-hybridized carbons (Fsp3) is 0.250. The maximum absolute atomic E-state index is 10.4. The molecule has 0 spiro atoms. The van der Waals surface area contributed by atoms with Gasteiger partial charge in [0.2, 0.25) is 0 Å². The average molecular weight is 167 g/mol. The van der Waals surface area contributed by atoms with E-state index in [-0.39, 0.29) is 11.4 Å². The minimum atomic E-state index is -0.498. The first kappa shape index (κ1) is 8.52. The van der Waals surface area contributed by atoms with Crippen LogP contribution in [0.4, 0.5) is 5.69 Å². The van der Waals surface area contributed by atoms with Crippen LogP contribution in [-0.2, 0) is 0 Å². The van der Waals surface area contributed by atoms with Crippen LogP contribution < -0.4 is 0 Å². The van der Waals surface area contributed by atoms with Crippen LogP contribution in [0.2, 0.25) is 0 Å². The molecule has 0 heterocycles. The highest BCUT2D eigenvalue weighted by Gasteiger charge is 2.13. The topological polar surface area (TPSA) is 63.4 Å². The summed E-state index contributed by atoms with van der Waals surface area (Å²) in [6.07, 6.45) is 0. The van der Waals surface area contributed by atoms with Crippen molar-refractivity contribution in [2.75, 3.05) is 0 Å². The molecule has 0 aromatic heterocycles. The number of hydrogen-bond acceptors (Lipinski definition) is 3. The Balaban J connectivity index is 3.37. The minimum absolute atomic E-state index is 0.0262. The number of phenols is 1. The van der Waals surface area contributed by atoms with E-state index in [1.165, 1.54) is 19.1 Å². The van der Waals surface area contributed by atoms with E-state index in [2.05, 4.69) is 0 Å². The molecule has 0 fully saturated rings. The molecule has 0 unspecified atom stereocenters. The number of nitrogens with zero attached hydrogens (tertiary/aromatic N) is 1. The van der Waals surface area contributed by atoms with Crippen molar-refractivity contribution < 1.29 is 10.0 Å². The fourth-order valence-electron chi connectivity index (χ4n) is 1.01. The zero-order chi connectivity index (χ0) is 9.30. The Morgan fingerprint density at radius 3 is 2.50 bits per heavy atom. The number of phenolic OH excluding ortho intramolecular Hbond substituents is 1. The summed E-state index contributed by atoms with van der Waals surface area (Å²) in [7, 11) is 0. The van der Waals surface area contributed by atoms with Gasteiger partial charge >= 0.3 is 0 Å². The SMILES string of the molecule is Cc1cc(O)c(C)c([N+](=O)[O-])c1. The molecule has 0 saturated heterocycles. The zero-order valence-corrected chi connectivity index (χ0v) is 6.87. The summed E-state index contributed by atoms with van der Waals surface area (Å²) in [5.41, 5.74) is 0.961. The molecule has 1 rings (SSSR count). The summed E-state index contributed by atoms with van der Waals surface area (Å²) in [6, 6.07) is 2.94. The molecule has 12 heavy (non-hydrogen) atoms. The van der Waals surface area contributed by atoms with E-state index in [1.807, 2.05) is 0 Å². The molecule has 0 bridgehead atoms. The summed E-state index contributed by atoms with van der Waals surface area (Å²) in [6.45, 7) is 3.22. The summed E-state index contributed by atoms with van der Waals surface area (Å²) >= 11 is 0. The normalized spacial score (nSPS) is 9.83. The van der Waals surface area contributed by atoms with Crippen LogP contribution in [0, 0.1) is 24.0 Å². The van der Waals surface area contributed by atoms with Crippen LogP contribution in [0.15, 0.2) is 12.1 Å². The summed E-state index contributed by atoms with van der Waals surface area (Å²) in [5.74, 6) is -0.0262. The number of benzene rings is 1. The second kappa shape index (κ2) is 2.81. The van der Waals surface area contributed by atoms with Gasteiger partial charge in [-0.15, -0.1) is 0 Å². The average Bonchev–Trinajstić information content (AvgIpc) is 1.96. The van der Waals surface area contributed by atoms with Gasteiger partial charge < -0.3 is 5.11 Å². The van der Waals surface area contributed by atoms with Crippen molar-refractivity contribution in [2.24, 2.45) is 0 Å². The minimum Gasteiger partial charge on any atom is -0.507 e. The molecule has 0 saturated carbocycles. The molecule has 1 aromatic rings. The quantitative estimate of drug-likeness (QED) is 0.513. The molecular weight excluding hydrogens is 158 g/mol. The number of aromatic hydroxyl groups is 1. The lowest BCUT2D eigenvalue weighted by Crippen LogP contribution is -1.92. The molecular formula is C8H9NO3. The first-order valence-electron chi connectivity index (χ1n) is 3.47. The number of hydrogen-bond donors (Lipinski definition) is 1. The Kier molecular flexibility index (Phi) is 1.99. The van der Waals surface area contributed by atoms with E-state index in [0.29, 0.717) is 11.1 Å². The highest BCUT2D eigenvalue weighted by atomic mass is 16.6. The van der Waals surface area contributed by atoms with Gasteiger partial charge in [0.05, 0.1) is 10.5 Å². The Labute approximate surface area is 69.6 Å². The maximum Gasteiger partial charge on any atom is 0.276 e. The molecule has 0 radical (unpaired) electrons. The van der Waals surface area contributed by atoms with Crippen LogP contribution >= 0.6 is 0 Å². The van der Waals surface area contributed by atoms with Crippen molar-refractivity contribution in [3.8, 4) is 5.75 Å². The second-order valence-electron chi connectivity index (χ2n) is 2.69. The molecule has 0 atom stereocenters. The van der Waals surface area contributed by atoms with E-state index in [1.54, 1.807) is 6.92 Å². The molecule has 1 aromatic carbocycles. The highest BCUT2D eigenvalue weighted by molar-refractivity contribution is 5.50. The summed E-state index contributed by atoms with van der Waals surface area (Å²) in [4.78, 5) is 9.92. The van der Waals surface area contributed by atoms with E-state index < -0.39 is 4.92 Å². The van der Waals surface area contributed by atoms with Gasteiger partial charge in [-0.05, 0) is 25.5 Å². The molecule has 0 aliphatic carbocycles. The molecule has 1 N–H and O–H groups in total. The molecule has 0 aliphatic heterocycles. The van der Waals surface area contributed by atoms with Crippen LogP contribution in [0.5, 0.6) is 5.75 Å². The molecule has 4 nitrogen and oxygen atoms in total. The van der Waals surface area contributed by atoms with Crippen LogP contribution in [-0.4, -0.2) is 10.0 Å². The van der Waals surface area contributed by atoms with E-state index in [0.717, 1.165) is 0 Å². The lowest BCUT2D eigenvalue weighted by Gasteiger charge is -2.00. The second-order valence-corrected chi connectivity index (χ2v) is 2.69. The standard InChI is InChI=1S/C8H9NO3/c1-5-3-7(9(11)12)6(2)8(10)4-5/h3-4,10H,1-2H3. The van der Waals surface area contributed by atoms with Crippen molar-refractivity contribution in [1.29, 1.82) is 0 Å². The lowest BCUT2D eigenvalue weighted by molar-refractivity contribution is -0.385. The number of aryl methyl sites for hydroxylation is 1. The van der Waals surface area contributed by atoms with Crippen LogP contribution in [0.3, 0.4) is 0 Å². The molecule has 0 amide bonds. The Morgan fingerprint density at radius 2 is 2.00 bits per heavy atom. The predicted octanol–water partition coefficient (Wildman–Crippen LogP) is 1.92. The number of nitro benzene ring substituents is 1. The first-order valence-corrected chi connectivity index (χ1v) is 3.47. The van der Waals surface area contributed by atoms with Gasteiger partial charge in [-0.25, -0.2) is 0 Å². The smallest absolute Gasteiger partial charge is 0.276 e. The van der Waals surface area contributed by atoms with Gasteiger partial charge in [0.1, 0.15) is 5.75 Å². The van der Waals surface area contributed by atoms with Crippen molar-refractivity contribution in [1.82, 2.24) is 0 Å². The maximum atomic E-state index is 10.4. The molecule has 0 aliphatic rings. The predicted molar refractivity (Wildman–Crippen MR) is 44.2 cm³/mol.